The van der Waals surface area contributed by atoms with Crippen LogP contribution in [-0.2, 0) is 12.8 Å². The van der Waals surface area contributed by atoms with Crippen LogP contribution < -0.4 is 0 Å². The van der Waals surface area contributed by atoms with E-state index in [9.17, 15) is 10.1 Å². The van der Waals surface area contributed by atoms with Gasteiger partial charge in [0.15, 0.2) is 0 Å². The van der Waals surface area contributed by atoms with Crippen LogP contribution in [0.2, 0.25) is 0 Å². The van der Waals surface area contributed by atoms with E-state index in [1.165, 1.54) is 11.6 Å². The van der Waals surface area contributed by atoms with Crippen LogP contribution in [0.25, 0.3) is 0 Å². The zero-order valence-electron chi connectivity index (χ0n) is 13.4. The maximum atomic E-state index is 10.4. The van der Waals surface area contributed by atoms with E-state index in [1.807, 2.05) is 32.9 Å². The summed E-state index contributed by atoms with van der Waals surface area (Å²) in [4.78, 5) is 10.0. The van der Waals surface area contributed by atoms with Crippen LogP contribution in [0.3, 0.4) is 0 Å². The molecule has 0 atom stereocenters. The van der Waals surface area contributed by atoms with Crippen molar-refractivity contribution in [3.8, 4) is 0 Å². The highest BCUT2D eigenvalue weighted by Crippen LogP contribution is 2.17. The molecule has 21 heavy (non-hydrogen) atoms. The molecular weight excluding hydrogens is 262 g/mol. The Bertz CT molecular complexity index is 510. The van der Waals surface area contributed by atoms with Gasteiger partial charge in [-0.05, 0) is 18.4 Å². The lowest BCUT2D eigenvalue weighted by Gasteiger charge is -1.96. The zero-order chi connectivity index (χ0) is 16.1. The average Bonchev–Trinajstić information content (AvgIpc) is 2.58. The summed E-state index contributed by atoms with van der Waals surface area (Å²) in [5, 5.41) is 10.4. The molecule has 0 saturated heterocycles. The first-order valence-corrected chi connectivity index (χ1v) is 7.45. The lowest BCUT2D eigenvalue weighted by Crippen LogP contribution is -1.92. The summed E-state index contributed by atoms with van der Waals surface area (Å²) >= 11 is 0. The number of nitro groups is 1. The highest BCUT2D eigenvalue weighted by Gasteiger charge is 2.08. The summed E-state index contributed by atoms with van der Waals surface area (Å²) in [5.41, 5.74) is 2.42. The highest BCUT2D eigenvalue weighted by atomic mass is 16.6. The number of nitro benzene ring substituents is 1. The van der Waals surface area contributed by atoms with Crippen molar-refractivity contribution in [1.82, 2.24) is 0 Å². The van der Waals surface area contributed by atoms with Crippen molar-refractivity contribution in [3.63, 3.8) is 0 Å². The van der Waals surface area contributed by atoms with Crippen LogP contribution in [0.5, 0.6) is 0 Å². The van der Waals surface area contributed by atoms with Gasteiger partial charge in [-0.1, -0.05) is 76.2 Å². The monoisotopic (exact) mass is 287 g/mol. The second-order valence-corrected chi connectivity index (χ2v) is 4.08. The molecule has 0 aromatic heterocycles. The van der Waals surface area contributed by atoms with Crippen molar-refractivity contribution >= 4 is 5.69 Å². The van der Waals surface area contributed by atoms with Crippen LogP contribution in [0.4, 0.5) is 5.69 Å². The van der Waals surface area contributed by atoms with Gasteiger partial charge in [0.1, 0.15) is 0 Å². The van der Waals surface area contributed by atoms with E-state index in [1.54, 1.807) is 12.1 Å². The molecule has 0 spiro atoms. The molecule has 2 aromatic carbocycles. The largest absolute Gasteiger partial charge is 0.272 e. The number of hydrogen-bond donors (Lipinski definition) is 0. The smallest absolute Gasteiger partial charge is 0.258 e. The number of nitrogens with zero attached hydrogens (tertiary/aromatic N) is 1. The van der Waals surface area contributed by atoms with Gasteiger partial charge < -0.3 is 0 Å². The van der Waals surface area contributed by atoms with Gasteiger partial charge in [-0.25, -0.2) is 0 Å². The first kappa shape index (κ1) is 18.8. The Balaban J connectivity index is 0.000000354. The Kier molecular flexibility index (Phi) is 10.5. The fourth-order valence-electron chi connectivity index (χ4n) is 1.70. The normalized spacial score (nSPS) is 8.76. The molecule has 0 aliphatic rings. The number of para-hydroxylation sites is 1. The molecular formula is C18H25NO2. The van der Waals surface area contributed by atoms with Gasteiger partial charge in [0.25, 0.3) is 5.69 Å². The fourth-order valence-corrected chi connectivity index (χ4v) is 1.70. The lowest BCUT2D eigenvalue weighted by atomic mass is 10.1. The number of hydrogen-bond acceptors (Lipinski definition) is 2. The van der Waals surface area contributed by atoms with Crippen molar-refractivity contribution in [2.24, 2.45) is 0 Å². The molecule has 3 nitrogen and oxygen atoms in total. The van der Waals surface area contributed by atoms with E-state index in [0.29, 0.717) is 6.42 Å². The molecule has 0 fully saturated rings. The minimum Gasteiger partial charge on any atom is -0.258 e. The Hall–Kier alpha value is -2.16. The van der Waals surface area contributed by atoms with Crippen molar-refractivity contribution < 1.29 is 4.92 Å². The van der Waals surface area contributed by atoms with Crippen molar-refractivity contribution in [2.75, 3.05) is 0 Å². The van der Waals surface area contributed by atoms with Gasteiger partial charge in [-0.3, -0.25) is 10.1 Å². The summed E-state index contributed by atoms with van der Waals surface area (Å²) in [6.45, 7) is 8.07. The lowest BCUT2D eigenvalue weighted by molar-refractivity contribution is -0.385. The predicted molar refractivity (Wildman–Crippen MR) is 89.6 cm³/mol. The first-order valence-electron chi connectivity index (χ1n) is 7.45. The number of benzene rings is 2. The van der Waals surface area contributed by atoms with Gasteiger partial charge in [-0.15, -0.1) is 0 Å². The molecule has 2 rings (SSSR count). The average molecular weight is 287 g/mol. The maximum absolute atomic E-state index is 10.4. The third-order valence-electron chi connectivity index (χ3n) is 2.82. The molecule has 0 bridgehead atoms. The van der Waals surface area contributed by atoms with Gasteiger partial charge in [0.2, 0.25) is 0 Å². The summed E-state index contributed by atoms with van der Waals surface area (Å²) < 4.78 is 0. The van der Waals surface area contributed by atoms with Crippen LogP contribution >= 0.6 is 0 Å². The van der Waals surface area contributed by atoms with Gasteiger partial charge in [0, 0.05) is 11.6 Å². The third-order valence-corrected chi connectivity index (χ3v) is 2.82. The first-order chi connectivity index (χ1) is 10.2. The predicted octanol–water partition coefficient (Wildman–Crippen LogP) is 5.43. The minimum absolute atomic E-state index is 0.218. The van der Waals surface area contributed by atoms with Gasteiger partial charge >= 0.3 is 0 Å². The van der Waals surface area contributed by atoms with Gasteiger partial charge in [0.05, 0.1) is 4.92 Å². The molecule has 0 unspecified atom stereocenters. The van der Waals surface area contributed by atoms with E-state index in [4.69, 9.17) is 0 Å². The van der Waals surface area contributed by atoms with Crippen LogP contribution in [0.15, 0.2) is 54.6 Å². The standard InChI is InChI=1S/C8H9NO2.C8H10.C2H6/c1-2-7-5-3-4-6-8(7)9(10)11;1-2-8-6-4-3-5-7-8;1-2/h3-6H,2H2,1H3;3-7H,2H2,1H3;1-2H3. The molecule has 0 amide bonds. The Morgan fingerprint density at radius 3 is 1.76 bits per heavy atom. The molecule has 114 valence electrons. The quantitative estimate of drug-likeness (QED) is 0.558. The second-order valence-electron chi connectivity index (χ2n) is 4.08. The van der Waals surface area contributed by atoms with E-state index < -0.39 is 0 Å². The van der Waals surface area contributed by atoms with Crippen molar-refractivity contribution in [2.45, 2.75) is 40.5 Å². The van der Waals surface area contributed by atoms with E-state index >= 15 is 0 Å². The molecule has 0 saturated carbocycles. The Morgan fingerprint density at radius 2 is 1.38 bits per heavy atom. The zero-order valence-corrected chi connectivity index (χ0v) is 13.4. The number of rotatable bonds is 3. The van der Waals surface area contributed by atoms with Gasteiger partial charge in [-0.2, -0.15) is 0 Å². The summed E-state index contributed by atoms with van der Waals surface area (Å²) in [7, 11) is 0. The number of aryl methyl sites for hydroxylation is 2. The molecule has 3 heteroatoms. The SMILES string of the molecule is CC.CCc1ccccc1.CCc1ccccc1[N+](=O)[O-]. The van der Waals surface area contributed by atoms with Crippen molar-refractivity contribution in [3.05, 3.63) is 75.8 Å². The molecule has 0 heterocycles. The third kappa shape index (κ3) is 7.25. The summed E-state index contributed by atoms with van der Waals surface area (Å²) in [6, 6.07) is 17.2. The Labute approximate surface area is 127 Å². The molecule has 0 aliphatic heterocycles. The summed E-state index contributed by atoms with van der Waals surface area (Å²) in [6.07, 6.45) is 1.85. The molecule has 0 radical (unpaired) electrons. The highest BCUT2D eigenvalue weighted by molar-refractivity contribution is 5.39. The molecule has 0 aliphatic carbocycles. The molecule has 2 aromatic rings. The van der Waals surface area contributed by atoms with Crippen molar-refractivity contribution in [1.29, 1.82) is 0 Å². The second kappa shape index (κ2) is 11.6. The van der Waals surface area contributed by atoms with Crippen LogP contribution in [0.1, 0.15) is 38.8 Å². The van der Waals surface area contributed by atoms with E-state index in [2.05, 4.69) is 31.2 Å². The fraction of sp³-hybridized carbons (Fsp3) is 0.333. The molecule has 0 N–H and O–H groups in total. The Morgan fingerprint density at radius 1 is 0.857 bits per heavy atom. The maximum Gasteiger partial charge on any atom is 0.272 e. The summed E-state index contributed by atoms with van der Waals surface area (Å²) in [5.74, 6) is 0. The van der Waals surface area contributed by atoms with Crippen LogP contribution in [-0.4, -0.2) is 4.92 Å². The minimum atomic E-state index is -0.348. The topological polar surface area (TPSA) is 43.1 Å². The van der Waals surface area contributed by atoms with E-state index in [0.717, 1.165) is 12.0 Å². The van der Waals surface area contributed by atoms with E-state index in [-0.39, 0.29) is 10.6 Å². The van der Waals surface area contributed by atoms with Crippen LogP contribution in [0, 0.1) is 10.1 Å².